The van der Waals surface area contributed by atoms with E-state index in [4.69, 9.17) is 14.3 Å². The molecule has 1 saturated heterocycles. The van der Waals surface area contributed by atoms with Gasteiger partial charge < -0.3 is 19.2 Å². The van der Waals surface area contributed by atoms with E-state index < -0.39 is 18.0 Å². The lowest BCUT2D eigenvalue weighted by molar-refractivity contribution is 0.0963. The fraction of sp³-hybridized carbons (Fsp3) is 0.333. The number of aliphatic hydroxyl groups excluding tert-OH is 1. The van der Waals surface area contributed by atoms with Crippen molar-refractivity contribution in [3.63, 3.8) is 0 Å². The number of hydrazone groups is 1. The van der Waals surface area contributed by atoms with E-state index in [1.54, 1.807) is 35.9 Å². The summed E-state index contributed by atoms with van der Waals surface area (Å²) in [5, 5.41) is 15.3. The molecule has 2 aliphatic rings. The van der Waals surface area contributed by atoms with Crippen LogP contribution in [-0.4, -0.2) is 54.9 Å². The van der Waals surface area contributed by atoms with E-state index in [2.05, 4.69) is 5.10 Å². The molecule has 27 heavy (non-hydrogen) atoms. The largest absolute Gasteiger partial charge is 0.472 e. The first-order valence-electron chi connectivity index (χ1n) is 8.59. The number of hydrogen-bond donors (Lipinski definition) is 1. The maximum absolute atomic E-state index is 14.6. The van der Waals surface area contributed by atoms with Gasteiger partial charge in [-0.25, -0.2) is 9.18 Å². The van der Waals surface area contributed by atoms with Crippen LogP contribution in [0.2, 0.25) is 0 Å². The molecule has 1 aromatic heterocycles. The number of anilines is 2. The van der Waals surface area contributed by atoms with Crippen LogP contribution >= 0.6 is 0 Å². The van der Waals surface area contributed by atoms with Crippen molar-refractivity contribution >= 4 is 23.8 Å². The van der Waals surface area contributed by atoms with Gasteiger partial charge in [0.15, 0.2) is 0 Å². The number of cyclic esters (lactones) is 1. The molecule has 1 unspecified atom stereocenters. The fourth-order valence-electron chi connectivity index (χ4n) is 3.09. The van der Waals surface area contributed by atoms with Gasteiger partial charge in [-0.05, 0) is 24.3 Å². The van der Waals surface area contributed by atoms with Gasteiger partial charge in [-0.15, -0.1) is 0 Å². The maximum Gasteiger partial charge on any atom is 0.414 e. The number of nitrogens with zero attached hydrogens (tertiary/aromatic N) is 4. The van der Waals surface area contributed by atoms with Crippen molar-refractivity contribution in [3.05, 3.63) is 48.2 Å². The van der Waals surface area contributed by atoms with Gasteiger partial charge in [0.05, 0.1) is 50.1 Å². The number of hydrogen-bond acceptors (Lipinski definition) is 7. The van der Waals surface area contributed by atoms with Crippen LogP contribution in [0, 0.1) is 5.82 Å². The molecule has 3 heterocycles. The Morgan fingerprint density at radius 3 is 2.81 bits per heavy atom. The second-order valence-electron chi connectivity index (χ2n) is 6.38. The molecular formula is C18H19FN4O4. The molecule has 0 bridgehead atoms. The number of rotatable bonds is 5. The normalized spacial score (nSPS) is 19.7. The Labute approximate surface area is 155 Å². The quantitative estimate of drug-likeness (QED) is 0.862. The van der Waals surface area contributed by atoms with Crippen LogP contribution < -0.4 is 9.80 Å². The highest BCUT2D eigenvalue weighted by atomic mass is 19.1. The van der Waals surface area contributed by atoms with E-state index in [1.165, 1.54) is 11.0 Å². The molecule has 0 saturated carbocycles. The second kappa shape index (κ2) is 7.28. The van der Waals surface area contributed by atoms with Crippen LogP contribution in [-0.2, 0) is 11.3 Å². The molecule has 142 valence electrons. The zero-order valence-electron chi connectivity index (χ0n) is 14.5. The summed E-state index contributed by atoms with van der Waals surface area (Å²) in [6, 6.07) is 6.44. The smallest absolute Gasteiger partial charge is 0.414 e. The molecule has 8 nitrogen and oxygen atoms in total. The van der Waals surface area contributed by atoms with Gasteiger partial charge in [0.25, 0.3) is 0 Å². The third-order valence-electron chi connectivity index (χ3n) is 4.53. The van der Waals surface area contributed by atoms with Crippen LogP contribution in [0.25, 0.3) is 0 Å². The first-order valence-corrected chi connectivity index (χ1v) is 8.59. The van der Waals surface area contributed by atoms with Crippen molar-refractivity contribution in [3.8, 4) is 0 Å². The van der Waals surface area contributed by atoms with Gasteiger partial charge >= 0.3 is 6.09 Å². The average molecular weight is 374 g/mol. The van der Waals surface area contributed by atoms with E-state index in [0.29, 0.717) is 31.0 Å². The van der Waals surface area contributed by atoms with Crippen LogP contribution in [0.15, 0.2) is 46.3 Å². The fourth-order valence-corrected chi connectivity index (χ4v) is 3.09. The molecule has 1 atom stereocenters. The number of halogens is 1. The number of carbonyl (C=O) groups excluding carboxylic acids is 1. The second-order valence-corrected chi connectivity index (χ2v) is 6.38. The summed E-state index contributed by atoms with van der Waals surface area (Å²) in [5.74, 6) is -0.456. The number of ether oxygens (including phenoxy) is 1. The third kappa shape index (κ3) is 3.59. The average Bonchev–Trinajstić information content (AvgIpc) is 3.32. The summed E-state index contributed by atoms with van der Waals surface area (Å²) in [6.45, 7) is 1.78. The lowest BCUT2D eigenvalue weighted by Gasteiger charge is -2.30. The highest BCUT2D eigenvalue weighted by Gasteiger charge is 2.32. The van der Waals surface area contributed by atoms with Crippen LogP contribution in [0.5, 0.6) is 0 Å². The zero-order valence-corrected chi connectivity index (χ0v) is 14.5. The highest BCUT2D eigenvalue weighted by molar-refractivity contribution is 5.90. The molecule has 4 rings (SSSR count). The molecule has 1 N–H and O–H groups in total. The Kier molecular flexibility index (Phi) is 4.68. The van der Waals surface area contributed by atoms with Gasteiger partial charge in [-0.3, -0.25) is 9.91 Å². The summed E-state index contributed by atoms with van der Waals surface area (Å²) in [7, 11) is 0. The van der Waals surface area contributed by atoms with Crippen molar-refractivity contribution in [1.82, 2.24) is 5.01 Å². The van der Waals surface area contributed by atoms with E-state index in [9.17, 15) is 9.18 Å². The number of aliphatic hydroxyl groups is 1. The minimum Gasteiger partial charge on any atom is -0.472 e. The van der Waals surface area contributed by atoms with Crippen molar-refractivity contribution in [2.24, 2.45) is 5.10 Å². The molecule has 2 aliphatic heterocycles. The Hall–Kier alpha value is -3.07. The summed E-state index contributed by atoms with van der Waals surface area (Å²) in [4.78, 5) is 14.9. The minimum atomic E-state index is -0.587. The monoisotopic (exact) mass is 374 g/mol. The molecule has 1 aromatic carbocycles. The maximum atomic E-state index is 14.6. The Morgan fingerprint density at radius 1 is 1.30 bits per heavy atom. The number of carbonyl (C=O) groups is 1. The predicted molar refractivity (Wildman–Crippen MR) is 96.1 cm³/mol. The number of furan rings is 1. The van der Waals surface area contributed by atoms with Gasteiger partial charge in [-0.1, -0.05) is 0 Å². The van der Waals surface area contributed by atoms with Crippen LogP contribution in [0.1, 0.15) is 5.56 Å². The summed E-state index contributed by atoms with van der Waals surface area (Å²) >= 11 is 0. The van der Waals surface area contributed by atoms with Gasteiger partial charge in [0.1, 0.15) is 18.3 Å². The molecule has 1 fully saturated rings. The standard InChI is InChI=1S/C18H19FN4O4/c19-16-7-14(23-9-15(10-24)27-18(23)25)1-2-17(16)21-4-5-22(20-12-21)8-13-3-6-26-11-13/h1-3,6-7,11-12,15,24H,4-5,8-10H2. The Morgan fingerprint density at radius 2 is 2.19 bits per heavy atom. The highest BCUT2D eigenvalue weighted by Crippen LogP contribution is 2.28. The molecular weight excluding hydrogens is 355 g/mol. The molecule has 0 radical (unpaired) electrons. The van der Waals surface area contributed by atoms with Gasteiger partial charge in [0.2, 0.25) is 0 Å². The van der Waals surface area contributed by atoms with Crippen molar-refractivity contribution in [1.29, 1.82) is 0 Å². The lowest BCUT2D eigenvalue weighted by atomic mass is 10.2. The third-order valence-corrected chi connectivity index (χ3v) is 4.53. The van der Waals surface area contributed by atoms with Crippen molar-refractivity contribution in [2.75, 3.05) is 36.0 Å². The van der Waals surface area contributed by atoms with Crippen LogP contribution in [0.4, 0.5) is 20.6 Å². The number of benzene rings is 1. The van der Waals surface area contributed by atoms with Gasteiger partial charge in [0, 0.05) is 12.1 Å². The van der Waals surface area contributed by atoms with E-state index in [1.807, 2.05) is 11.1 Å². The lowest BCUT2D eigenvalue weighted by Crippen LogP contribution is -2.38. The summed E-state index contributed by atoms with van der Waals surface area (Å²) in [5.41, 5.74) is 1.80. The predicted octanol–water partition coefficient (Wildman–Crippen LogP) is 2.00. The first-order chi connectivity index (χ1) is 13.1. The topological polar surface area (TPSA) is 81.8 Å². The molecule has 2 aromatic rings. The Bertz CT molecular complexity index is 842. The van der Waals surface area contributed by atoms with E-state index in [0.717, 1.165) is 5.56 Å². The summed E-state index contributed by atoms with van der Waals surface area (Å²) < 4.78 is 24.7. The van der Waals surface area contributed by atoms with Crippen molar-refractivity contribution in [2.45, 2.75) is 12.6 Å². The molecule has 1 amide bonds. The van der Waals surface area contributed by atoms with E-state index in [-0.39, 0.29) is 13.2 Å². The zero-order chi connectivity index (χ0) is 18.8. The van der Waals surface area contributed by atoms with E-state index >= 15 is 0 Å². The minimum absolute atomic E-state index is 0.197. The first kappa shape index (κ1) is 17.3. The van der Waals surface area contributed by atoms with Crippen molar-refractivity contribution < 1.29 is 23.4 Å². The SMILES string of the molecule is O=C1OC(CO)CN1c1ccc(N2C=NN(Cc3ccoc3)CC2)c(F)c1. The van der Waals surface area contributed by atoms with Gasteiger partial charge in [-0.2, -0.15) is 5.10 Å². The van der Waals surface area contributed by atoms with Crippen LogP contribution in [0.3, 0.4) is 0 Å². The summed E-state index contributed by atoms with van der Waals surface area (Å²) in [6.07, 6.45) is 3.70. The molecule has 0 aliphatic carbocycles. The molecule has 9 heteroatoms. The molecule has 0 spiro atoms. The Balaban J connectivity index is 1.45. The number of amides is 1.